The van der Waals surface area contributed by atoms with E-state index in [2.05, 4.69) is 4.98 Å². The molecule has 3 rings (SSSR count). The van der Waals surface area contributed by atoms with Gasteiger partial charge >= 0.3 is 0 Å². The first-order chi connectivity index (χ1) is 8.81. The maximum atomic E-state index is 5.75. The van der Waals surface area contributed by atoms with Crippen LogP contribution in [-0.2, 0) is 6.42 Å². The van der Waals surface area contributed by atoms with Crippen molar-refractivity contribution in [1.82, 2.24) is 4.98 Å². The fourth-order valence-electron chi connectivity index (χ4n) is 2.90. The van der Waals surface area contributed by atoms with E-state index in [-0.39, 0.29) is 0 Å². The number of nitrogens with two attached hydrogens (primary N) is 1. The zero-order valence-corrected chi connectivity index (χ0v) is 10.7. The minimum absolute atomic E-state index is 0.745. The van der Waals surface area contributed by atoms with E-state index in [1.165, 1.54) is 38.5 Å². The summed E-state index contributed by atoms with van der Waals surface area (Å²) in [4.78, 5) is 4.51. The maximum absolute atomic E-state index is 5.75. The molecule has 1 aliphatic carbocycles. The second-order valence-corrected chi connectivity index (χ2v) is 5.38. The summed E-state index contributed by atoms with van der Waals surface area (Å²) in [6, 6.07) is 5.64. The van der Waals surface area contributed by atoms with Crippen LogP contribution < -0.4 is 5.73 Å². The van der Waals surface area contributed by atoms with Gasteiger partial charge in [-0.2, -0.15) is 0 Å². The van der Waals surface area contributed by atoms with Gasteiger partial charge in [0.05, 0.1) is 0 Å². The van der Waals surface area contributed by atoms with Crippen molar-refractivity contribution in [2.24, 2.45) is 5.92 Å². The van der Waals surface area contributed by atoms with Crippen LogP contribution in [0.25, 0.3) is 11.1 Å². The Kier molecular flexibility index (Phi) is 3.22. The SMILES string of the molecule is Nc1ccc2oc(CCC3CCCCC3)nc2c1. The molecule has 0 amide bonds. The lowest BCUT2D eigenvalue weighted by atomic mass is 9.86. The summed E-state index contributed by atoms with van der Waals surface area (Å²) in [7, 11) is 0. The molecular formula is C15H20N2O. The van der Waals surface area contributed by atoms with Crippen molar-refractivity contribution in [3.05, 3.63) is 24.1 Å². The molecule has 1 aromatic heterocycles. The zero-order valence-electron chi connectivity index (χ0n) is 10.7. The topological polar surface area (TPSA) is 52.0 Å². The smallest absolute Gasteiger partial charge is 0.195 e. The molecule has 2 aromatic rings. The second kappa shape index (κ2) is 5.01. The minimum Gasteiger partial charge on any atom is -0.441 e. The number of hydrogen-bond donors (Lipinski definition) is 1. The number of aromatic nitrogens is 1. The lowest BCUT2D eigenvalue weighted by Crippen LogP contribution is -2.07. The Morgan fingerprint density at radius 1 is 1.22 bits per heavy atom. The van der Waals surface area contributed by atoms with E-state index < -0.39 is 0 Å². The highest BCUT2D eigenvalue weighted by atomic mass is 16.3. The summed E-state index contributed by atoms with van der Waals surface area (Å²) in [5.74, 6) is 1.74. The number of hydrogen-bond acceptors (Lipinski definition) is 3. The normalized spacial score (nSPS) is 17.3. The van der Waals surface area contributed by atoms with Gasteiger partial charge in [-0.3, -0.25) is 0 Å². The van der Waals surface area contributed by atoms with Crippen LogP contribution in [0.3, 0.4) is 0 Å². The first-order valence-electron chi connectivity index (χ1n) is 6.96. The number of nitrogens with zero attached hydrogens (tertiary/aromatic N) is 1. The highest BCUT2D eigenvalue weighted by Gasteiger charge is 2.15. The van der Waals surface area contributed by atoms with Crippen LogP contribution in [0.15, 0.2) is 22.6 Å². The quantitative estimate of drug-likeness (QED) is 0.832. The molecule has 0 atom stereocenters. The summed E-state index contributed by atoms with van der Waals surface area (Å²) >= 11 is 0. The highest BCUT2D eigenvalue weighted by Crippen LogP contribution is 2.28. The average Bonchev–Trinajstić information content (AvgIpc) is 2.79. The molecule has 1 aromatic carbocycles. The molecule has 1 heterocycles. The second-order valence-electron chi connectivity index (χ2n) is 5.38. The van der Waals surface area contributed by atoms with Gasteiger partial charge in [-0.25, -0.2) is 4.98 Å². The maximum Gasteiger partial charge on any atom is 0.195 e. The number of rotatable bonds is 3. The molecule has 1 fully saturated rings. The van der Waals surface area contributed by atoms with Crippen molar-refractivity contribution in [2.75, 3.05) is 5.73 Å². The third-order valence-electron chi connectivity index (χ3n) is 3.95. The van der Waals surface area contributed by atoms with E-state index in [0.29, 0.717) is 0 Å². The van der Waals surface area contributed by atoms with Gasteiger partial charge in [0.25, 0.3) is 0 Å². The lowest BCUT2D eigenvalue weighted by Gasteiger charge is -2.20. The Morgan fingerprint density at radius 3 is 2.89 bits per heavy atom. The molecule has 1 aliphatic rings. The van der Waals surface area contributed by atoms with E-state index in [4.69, 9.17) is 10.2 Å². The molecule has 3 heteroatoms. The van der Waals surface area contributed by atoms with Crippen molar-refractivity contribution in [3.63, 3.8) is 0 Å². The fraction of sp³-hybridized carbons (Fsp3) is 0.533. The van der Waals surface area contributed by atoms with Crippen LogP contribution in [-0.4, -0.2) is 4.98 Å². The van der Waals surface area contributed by atoms with Gasteiger partial charge in [-0.1, -0.05) is 32.1 Å². The molecule has 0 saturated heterocycles. The van der Waals surface area contributed by atoms with E-state index in [0.717, 1.165) is 35.0 Å². The standard InChI is InChI=1S/C15H20N2O/c16-12-7-8-14-13(10-12)17-15(18-14)9-6-11-4-2-1-3-5-11/h7-8,10-11H,1-6,9,16H2. The van der Waals surface area contributed by atoms with Gasteiger partial charge in [-0.05, 0) is 30.5 Å². The molecule has 1 saturated carbocycles. The van der Waals surface area contributed by atoms with Crippen molar-refractivity contribution < 1.29 is 4.42 Å². The van der Waals surface area contributed by atoms with E-state index in [1.54, 1.807) is 0 Å². The number of oxazole rings is 1. The Bertz CT molecular complexity index is 526. The number of anilines is 1. The first-order valence-corrected chi connectivity index (χ1v) is 6.96. The summed E-state index contributed by atoms with van der Waals surface area (Å²) in [5, 5.41) is 0. The summed E-state index contributed by atoms with van der Waals surface area (Å²) < 4.78 is 5.75. The summed E-state index contributed by atoms with van der Waals surface area (Å²) in [6.07, 6.45) is 9.14. The van der Waals surface area contributed by atoms with E-state index in [9.17, 15) is 0 Å². The number of benzene rings is 1. The molecule has 3 nitrogen and oxygen atoms in total. The zero-order chi connectivity index (χ0) is 12.4. The van der Waals surface area contributed by atoms with Gasteiger partial charge in [0.15, 0.2) is 11.5 Å². The monoisotopic (exact) mass is 244 g/mol. The fourth-order valence-corrected chi connectivity index (χ4v) is 2.90. The largest absolute Gasteiger partial charge is 0.441 e. The molecule has 0 unspecified atom stereocenters. The molecule has 18 heavy (non-hydrogen) atoms. The van der Waals surface area contributed by atoms with Gasteiger partial charge < -0.3 is 10.2 Å². The third kappa shape index (κ3) is 2.50. The third-order valence-corrected chi connectivity index (χ3v) is 3.95. The van der Waals surface area contributed by atoms with Gasteiger partial charge in [0.1, 0.15) is 5.52 Å². The molecular weight excluding hydrogens is 224 g/mol. The van der Waals surface area contributed by atoms with Crippen molar-refractivity contribution in [1.29, 1.82) is 0 Å². The highest BCUT2D eigenvalue weighted by molar-refractivity contribution is 5.76. The Morgan fingerprint density at radius 2 is 2.06 bits per heavy atom. The predicted molar refractivity (Wildman–Crippen MR) is 73.3 cm³/mol. The Balaban J connectivity index is 1.67. The number of nitrogen functional groups attached to an aromatic ring is 1. The van der Waals surface area contributed by atoms with Gasteiger partial charge in [0, 0.05) is 12.1 Å². The van der Waals surface area contributed by atoms with Crippen molar-refractivity contribution in [3.8, 4) is 0 Å². The molecule has 2 N–H and O–H groups in total. The van der Waals surface area contributed by atoms with Gasteiger partial charge in [-0.15, -0.1) is 0 Å². The number of fused-ring (bicyclic) bond motifs is 1. The van der Waals surface area contributed by atoms with Crippen LogP contribution >= 0.6 is 0 Å². The van der Waals surface area contributed by atoms with Crippen LogP contribution in [0.1, 0.15) is 44.4 Å². The van der Waals surface area contributed by atoms with Crippen molar-refractivity contribution >= 4 is 16.8 Å². The first kappa shape index (κ1) is 11.6. The van der Waals surface area contributed by atoms with Crippen LogP contribution in [0.4, 0.5) is 5.69 Å². The van der Waals surface area contributed by atoms with E-state index >= 15 is 0 Å². The Hall–Kier alpha value is -1.51. The van der Waals surface area contributed by atoms with E-state index in [1.807, 2.05) is 18.2 Å². The molecule has 0 aliphatic heterocycles. The average molecular weight is 244 g/mol. The lowest BCUT2D eigenvalue weighted by molar-refractivity contribution is 0.330. The molecule has 96 valence electrons. The van der Waals surface area contributed by atoms with Crippen LogP contribution in [0, 0.1) is 5.92 Å². The van der Waals surface area contributed by atoms with Crippen molar-refractivity contribution in [2.45, 2.75) is 44.9 Å². The Labute approximate surface area is 107 Å². The summed E-state index contributed by atoms with van der Waals surface area (Å²) in [6.45, 7) is 0. The predicted octanol–water partition coefficient (Wildman–Crippen LogP) is 3.92. The molecule has 0 bridgehead atoms. The minimum atomic E-state index is 0.745. The van der Waals surface area contributed by atoms with Gasteiger partial charge in [0.2, 0.25) is 0 Å². The van der Waals surface area contributed by atoms with Crippen LogP contribution in [0.5, 0.6) is 0 Å². The molecule has 0 spiro atoms. The van der Waals surface area contributed by atoms with Crippen LogP contribution in [0.2, 0.25) is 0 Å². The number of aryl methyl sites for hydroxylation is 1. The summed E-state index contributed by atoms with van der Waals surface area (Å²) in [5.41, 5.74) is 8.22. The molecule has 0 radical (unpaired) electrons.